The first-order chi connectivity index (χ1) is 5.97. The van der Waals surface area contributed by atoms with Gasteiger partial charge in [-0.3, -0.25) is 0 Å². The van der Waals surface area contributed by atoms with E-state index in [1.165, 1.54) is 0 Å². The highest BCUT2D eigenvalue weighted by Crippen LogP contribution is 2.41. The van der Waals surface area contributed by atoms with Crippen LogP contribution < -0.4 is 0 Å². The van der Waals surface area contributed by atoms with Crippen LogP contribution in [-0.2, 0) is 4.79 Å². The maximum absolute atomic E-state index is 12.8. The van der Waals surface area contributed by atoms with E-state index in [2.05, 4.69) is 0 Å². The van der Waals surface area contributed by atoms with Gasteiger partial charge in [-0.1, -0.05) is 0 Å². The van der Waals surface area contributed by atoms with Gasteiger partial charge in [-0.05, 0) is 31.3 Å². The van der Waals surface area contributed by atoms with Crippen LogP contribution in [0.25, 0.3) is 0 Å². The average molecular weight is 208 g/mol. The molecule has 0 unspecified atom stereocenters. The van der Waals surface area contributed by atoms with Crippen LogP contribution in [0.5, 0.6) is 0 Å². The van der Waals surface area contributed by atoms with Crippen LogP contribution in [0, 0.1) is 5.41 Å². The molecule has 1 aliphatic heterocycles. The fraction of sp³-hybridized carbons (Fsp3) is 0.889. The molecule has 1 aliphatic rings. The molecule has 1 saturated heterocycles. The highest BCUT2D eigenvalue weighted by Gasteiger charge is 2.39. The number of aldehydes is 1. The molecule has 76 valence electrons. The smallest absolute Gasteiger partial charge is 0.246 e. The molecule has 1 rings (SSSR count). The van der Waals surface area contributed by atoms with Gasteiger partial charge in [0.2, 0.25) is 5.92 Å². The Morgan fingerprint density at radius 2 is 2.00 bits per heavy atom. The molecule has 0 saturated carbocycles. The van der Waals surface area contributed by atoms with Crippen LogP contribution in [0.2, 0.25) is 0 Å². The number of alkyl halides is 2. The second kappa shape index (κ2) is 3.95. The molecule has 1 fully saturated rings. The van der Waals surface area contributed by atoms with E-state index in [0.717, 1.165) is 24.7 Å². The topological polar surface area (TPSA) is 17.1 Å². The van der Waals surface area contributed by atoms with Gasteiger partial charge in [0.25, 0.3) is 0 Å². The summed E-state index contributed by atoms with van der Waals surface area (Å²) < 4.78 is 25.5. The monoisotopic (exact) mass is 208 g/mol. The van der Waals surface area contributed by atoms with Crippen molar-refractivity contribution in [2.24, 2.45) is 5.41 Å². The second-order valence-electron chi connectivity index (χ2n) is 3.84. The molecule has 0 N–H and O–H groups in total. The molecule has 0 radical (unpaired) electrons. The number of carbonyl (C=O) groups is 1. The van der Waals surface area contributed by atoms with E-state index in [9.17, 15) is 13.6 Å². The van der Waals surface area contributed by atoms with Crippen LogP contribution in [0.15, 0.2) is 0 Å². The van der Waals surface area contributed by atoms with Crippen molar-refractivity contribution in [2.45, 2.75) is 32.1 Å². The molecule has 0 spiro atoms. The zero-order chi connectivity index (χ0) is 9.95. The van der Waals surface area contributed by atoms with E-state index in [0.29, 0.717) is 12.8 Å². The summed E-state index contributed by atoms with van der Waals surface area (Å²) in [6.45, 7) is 0.889. The predicted octanol–water partition coefficient (Wildman–Crippen LogP) is 2.74. The average Bonchev–Trinajstić information content (AvgIpc) is 2.03. The van der Waals surface area contributed by atoms with E-state index >= 15 is 0 Å². The summed E-state index contributed by atoms with van der Waals surface area (Å²) in [4.78, 5) is 10.8. The summed E-state index contributed by atoms with van der Waals surface area (Å²) in [6, 6.07) is 0. The zero-order valence-corrected chi connectivity index (χ0v) is 8.50. The Morgan fingerprint density at radius 3 is 2.38 bits per heavy atom. The van der Waals surface area contributed by atoms with Crippen molar-refractivity contribution in [2.75, 3.05) is 11.5 Å². The minimum atomic E-state index is -2.72. The van der Waals surface area contributed by atoms with Crippen LogP contribution in [-0.4, -0.2) is 23.7 Å². The SMILES string of the molecule is CC(F)(F)CC1(C=O)CCSCC1. The fourth-order valence-electron chi connectivity index (χ4n) is 1.73. The standard InChI is InChI=1S/C9H14F2OS/c1-8(10,11)6-9(7-12)2-4-13-5-3-9/h7H,2-6H2,1H3. The maximum Gasteiger partial charge on any atom is 0.246 e. The Bertz CT molecular complexity index is 183. The number of carbonyl (C=O) groups excluding carboxylic acids is 1. The lowest BCUT2D eigenvalue weighted by molar-refractivity contribution is -0.122. The minimum absolute atomic E-state index is 0.288. The van der Waals surface area contributed by atoms with Crippen LogP contribution in [0.4, 0.5) is 8.78 Å². The zero-order valence-electron chi connectivity index (χ0n) is 7.69. The first-order valence-corrected chi connectivity index (χ1v) is 5.55. The molecule has 0 bridgehead atoms. The van der Waals surface area contributed by atoms with Gasteiger partial charge in [-0.2, -0.15) is 11.8 Å². The van der Waals surface area contributed by atoms with Crippen LogP contribution >= 0.6 is 11.8 Å². The molecule has 4 heteroatoms. The Hall–Kier alpha value is -0.120. The first kappa shape index (κ1) is 11.0. The predicted molar refractivity (Wildman–Crippen MR) is 50.3 cm³/mol. The molecule has 1 nitrogen and oxygen atoms in total. The van der Waals surface area contributed by atoms with Crippen molar-refractivity contribution in [3.8, 4) is 0 Å². The summed E-state index contributed by atoms with van der Waals surface area (Å²) in [6.07, 6.45) is 1.66. The third kappa shape index (κ3) is 3.25. The van der Waals surface area contributed by atoms with Gasteiger partial charge in [0.05, 0.1) is 0 Å². The van der Waals surface area contributed by atoms with Gasteiger partial charge in [0, 0.05) is 11.8 Å². The minimum Gasteiger partial charge on any atom is -0.303 e. The highest BCUT2D eigenvalue weighted by molar-refractivity contribution is 7.99. The van der Waals surface area contributed by atoms with Gasteiger partial charge < -0.3 is 4.79 Å². The van der Waals surface area contributed by atoms with E-state index in [-0.39, 0.29) is 6.42 Å². The van der Waals surface area contributed by atoms with E-state index in [4.69, 9.17) is 0 Å². The molecule has 1 heterocycles. The summed E-state index contributed by atoms with van der Waals surface area (Å²) in [5.74, 6) is -1.06. The number of hydrogen-bond acceptors (Lipinski definition) is 2. The number of rotatable bonds is 3. The lowest BCUT2D eigenvalue weighted by Gasteiger charge is -2.33. The number of thioether (sulfide) groups is 1. The Kier molecular flexibility index (Phi) is 3.33. The molecule has 0 aromatic heterocycles. The van der Waals surface area contributed by atoms with Gasteiger partial charge in [0.15, 0.2) is 0 Å². The molecule has 0 atom stereocenters. The number of hydrogen-bond donors (Lipinski definition) is 0. The Labute approximate surface area is 81.3 Å². The van der Waals surface area contributed by atoms with Crippen molar-refractivity contribution in [3.05, 3.63) is 0 Å². The van der Waals surface area contributed by atoms with Crippen molar-refractivity contribution < 1.29 is 13.6 Å². The molecule has 0 amide bonds. The third-order valence-corrected chi connectivity index (χ3v) is 3.39. The maximum atomic E-state index is 12.8. The second-order valence-corrected chi connectivity index (χ2v) is 5.06. The van der Waals surface area contributed by atoms with E-state index in [1.54, 1.807) is 11.8 Å². The Balaban J connectivity index is 2.63. The number of halogens is 2. The van der Waals surface area contributed by atoms with E-state index < -0.39 is 11.3 Å². The van der Waals surface area contributed by atoms with Gasteiger partial charge in [-0.15, -0.1) is 0 Å². The third-order valence-electron chi connectivity index (χ3n) is 2.40. The quantitative estimate of drug-likeness (QED) is 0.663. The summed E-state index contributed by atoms with van der Waals surface area (Å²) in [5.41, 5.74) is -0.747. The molecular formula is C9H14F2OS. The van der Waals surface area contributed by atoms with Crippen molar-refractivity contribution in [3.63, 3.8) is 0 Å². The normalized spacial score (nSPS) is 22.7. The molecule has 13 heavy (non-hydrogen) atoms. The highest BCUT2D eigenvalue weighted by atomic mass is 32.2. The van der Waals surface area contributed by atoms with Crippen LogP contribution in [0.1, 0.15) is 26.2 Å². The van der Waals surface area contributed by atoms with Crippen molar-refractivity contribution in [1.82, 2.24) is 0 Å². The molecule has 0 aromatic carbocycles. The van der Waals surface area contributed by atoms with Crippen molar-refractivity contribution in [1.29, 1.82) is 0 Å². The summed E-state index contributed by atoms with van der Waals surface area (Å²) >= 11 is 1.73. The first-order valence-electron chi connectivity index (χ1n) is 4.39. The lowest BCUT2D eigenvalue weighted by Crippen LogP contribution is -2.33. The van der Waals surface area contributed by atoms with Gasteiger partial charge in [0.1, 0.15) is 6.29 Å². The van der Waals surface area contributed by atoms with Gasteiger partial charge in [-0.25, -0.2) is 8.78 Å². The lowest BCUT2D eigenvalue weighted by atomic mass is 9.78. The Morgan fingerprint density at radius 1 is 1.46 bits per heavy atom. The van der Waals surface area contributed by atoms with Crippen molar-refractivity contribution >= 4 is 18.0 Å². The van der Waals surface area contributed by atoms with Crippen LogP contribution in [0.3, 0.4) is 0 Å². The summed E-state index contributed by atoms with van der Waals surface area (Å²) in [5, 5.41) is 0. The molecular weight excluding hydrogens is 194 g/mol. The largest absolute Gasteiger partial charge is 0.303 e. The van der Waals surface area contributed by atoms with E-state index in [1.807, 2.05) is 0 Å². The fourth-order valence-corrected chi connectivity index (χ4v) is 3.04. The van der Waals surface area contributed by atoms with Gasteiger partial charge >= 0.3 is 0 Å². The molecule has 0 aliphatic carbocycles. The summed E-state index contributed by atoms with van der Waals surface area (Å²) in [7, 11) is 0. The molecule has 0 aromatic rings.